The van der Waals surface area contributed by atoms with Crippen LogP contribution in [0.25, 0.3) is 0 Å². The summed E-state index contributed by atoms with van der Waals surface area (Å²) in [6.07, 6.45) is 2.35. The molecular formula is C22H28Br2Cl2N2O2. The van der Waals surface area contributed by atoms with E-state index in [4.69, 9.17) is 9.47 Å². The van der Waals surface area contributed by atoms with E-state index in [-0.39, 0.29) is 37.0 Å². The Morgan fingerprint density at radius 1 is 1.07 bits per heavy atom. The minimum atomic E-state index is 0. The van der Waals surface area contributed by atoms with Gasteiger partial charge in [-0.3, -0.25) is 4.90 Å². The molecule has 1 N–H and O–H groups in total. The molecule has 4 nitrogen and oxygen atoms in total. The molecule has 0 bridgehead atoms. The summed E-state index contributed by atoms with van der Waals surface area (Å²) in [6.45, 7) is 3.31. The average molecular weight is 583 g/mol. The highest BCUT2D eigenvalue weighted by molar-refractivity contribution is 9.11. The van der Waals surface area contributed by atoms with Gasteiger partial charge in [-0.1, -0.05) is 50.1 Å². The van der Waals surface area contributed by atoms with Crippen LogP contribution in [0.4, 0.5) is 0 Å². The van der Waals surface area contributed by atoms with Gasteiger partial charge >= 0.3 is 0 Å². The molecule has 0 saturated carbocycles. The van der Waals surface area contributed by atoms with Gasteiger partial charge in [0, 0.05) is 33.6 Å². The highest BCUT2D eigenvalue weighted by Crippen LogP contribution is 2.39. The fourth-order valence-electron chi connectivity index (χ4n) is 4.25. The van der Waals surface area contributed by atoms with Crippen LogP contribution in [0.1, 0.15) is 30.0 Å². The second kappa shape index (κ2) is 12.0. The van der Waals surface area contributed by atoms with Gasteiger partial charge in [0.05, 0.1) is 12.6 Å². The maximum absolute atomic E-state index is 6.43. The van der Waals surface area contributed by atoms with E-state index in [1.165, 1.54) is 18.4 Å². The molecule has 1 fully saturated rings. The first-order valence-corrected chi connectivity index (χ1v) is 11.4. The average Bonchev–Trinajstić information content (AvgIpc) is 2.71. The lowest BCUT2D eigenvalue weighted by Crippen LogP contribution is -2.49. The largest absolute Gasteiger partial charge is 0.490 e. The normalized spacial score (nSPS) is 21.7. The second-order valence-electron chi connectivity index (χ2n) is 7.52. The van der Waals surface area contributed by atoms with E-state index in [9.17, 15) is 0 Å². The van der Waals surface area contributed by atoms with Gasteiger partial charge in [-0.25, -0.2) is 0 Å². The van der Waals surface area contributed by atoms with Crippen molar-refractivity contribution in [2.24, 2.45) is 0 Å². The third-order valence-corrected chi connectivity index (χ3v) is 6.63. The number of ether oxygens (including phenoxy) is 2. The predicted octanol–water partition coefficient (Wildman–Crippen LogP) is 5.76. The summed E-state index contributed by atoms with van der Waals surface area (Å²) < 4.78 is 14.6. The Morgan fingerprint density at radius 2 is 1.73 bits per heavy atom. The van der Waals surface area contributed by atoms with Crippen LogP contribution >= 0.6 is 56.7 Å². The molecule has 2 aromatic rings. The van der Waals surface area contributed by atoms with Crippen LogP contribution in [0.2, 0.25) is 0 Å². The van der Waals surface area contributed by atoms with Gasteiger partial charge < -0.3 is 14.8 Å². The minimum Gasteiger partial charge on any atom is -0.490 e. The van der Waals surface area contributed by atoms with Crippen molar-refractivity contribution >= 4 is 56.7 Å². The minimum absolute atomic E-state index is 0. The molecule has 166 valence electrons. The number of para-hydroxylation sites is 1. The number of nitrogens with zero attached hydrogens (tertiary/aromatic N) is 1. The fourth-order valence-corrected chi connectivity index (χ4v) is 5.64. The van der Waals surface area contributed by atoms with E-state index in [1.54, 1.807) is 0 Å². The highest BCUT2D eigenvalue weighted by atomic mass is 79.9. The molecule has 1 saturated heterocycles. The van der Waals surface area contributed by atoms with Crippen LogP contribution in [0.5, 0.6) is 5.75 Å². The lowest BCUT2D eigenvalue weighted by Gasteiger charge is -2.43. The van der Waals surface area contributed by atoms with Crippen molar-refractivity contribution < 1.29 is 9.47 Å². The summed E-state index contributed by atoms with van der Waals surface area (Å²) in [5.74, 6) is 0.994. The number of piperidine rings is 1. The Bertz CT molecular complexity index is 799. The van der Waals surface area contributed by atoms with E-state index >= 15 is 0 Å². The summed E-state index contributed by atoms with van der Waals surface area (Å²) in [7, 11) is 2.06. The predicted molar refractivity (Wildman–Crippen MR) is 133 cm³/mol. The quantitative estimate of drug-likeness (QED) is 0.486. The number of rotatable bonds is 5. The first-order chi connectivity index (χ1) is 13.6. The maximum atomic E-state index is 6.43. The first kappa shape index (κ1) is 25.9. The maximum Gasteiger partial charge on any atom is 0.124 e. The Hall–Kier alpha value is -0.340. The van der Waals surface area contributed by atoms with Crippen molar-refractivity contribution in [1.82, 2.24) is 10.2 Å². The molecule has 0 spiro atoms. The summed E-state index contributed by atoms with van der Waals surface area (Å²) in [5.41, 5.74) is 2.39. The Kier molecular flexibility index (Phi) is 10.4. The summed E-state index contributed by atoms with van der Waals surface area (Å²) in [4.78, 5) is 2.58. The van der Waals surface area contributed by atoms with E-state index in [0.29, 0.717) is 19.3 Å². The molecule has 2 aromatic carbocycles. The SMILES string of the molecule is CNC1CCN([C@H]2c3ccccc3OC[C@@H]2OCc2cc(Br)cc(Br)c2)CC1.Cl.Cl. The van der Waals surface area contributed by atoms with Gasteiger partial charge in [-0.2, -0.15) is 0 Å². The Morgan fingerprint density at radius 3 is 2.40 bits per heavy atom. The van der Waals surface area contributed by atoms with Crippen LogP contribution in [0, 0.1) is 0 Å². The third kappa shape index (κ3) is 6.12. The van der Waals surface area contributed by atoms with Gasteiger partial charge in [-0.15, -0.1) is 24.8 Å². The van der Waals surface area contributed by atoms with E-state index in [1.807, 2.05) is 12.1 Å². The van der Waals surface area contributed by atoms with Gasteiger partial charge in [0.2, 0.25) is 0 Å². The van der Waals surface area contributed by atoms with Gasteiger partial charge in [-0.05, 0) is 49.7 Å². The van der Waals surface area contributed by atoms with Crippen molar-refractivity contribution in [2.75, 3.05) is 26.7 Å². The second-order valence-corrected chi connectivity index (χ2v) is 9.35. The zero-order chi connectivity index (χ0) is 19.5. The molecule has 30 heavy (non-hydrogen) atoms. The highest BCUT2D eigenvalue weighted by Gasteiger charge is 2.37. The number of likely N-dealkylation sites (tertiary alicyclic amines) is 1. The summed E-state index contributed by atoms with van der Waals surface area (Å²) in [5, 5.41) is 3.42. The van der Waals surface area contributed by atoms with Crippen LogP contribution < -0.4 is 10.1 Å². The smallest absolute Gasteiger partial charge is 0.124 e. The third-order valence-electron chi connectivity index (χ3n) is 5.71. The van der Waals surface area contributed by atoms with Crippen molar-refractivity contribution in [3.05, 3.63) is 62.5 Å². The van der Waals surface area contributed by atoms with Gasteiger partial charge in [0.25, 0.3) is 0 Å². The number of hydrogen-bond acceptors (Lipinski definition) is 4. The zero-order valence-electron chi connectivity index (χ0n) is 16.9. The molecule has 4 rings (SSSR count). The standard InChI is InChI=1S/C22H26Br2N2O2.2ClH/c1-25-18-6-8-26(9-7-18)22-19-4-2-3-5-20(19)28-14-21(22)27-13-15-10-16(23)12-17(24)11-15;;/h2-5,10-12,18,21-22,25H,6-9,13-14H2,1H3;2*1H/t21-,22-;;/m0../s1. The fraction of sp³-hybridized carbons (Fsp3) is 0.455. The van der Waals surface area contributed by atoms with Crippen molar-refractivity contribution in [2.45, 2.75) is 37.6 Å². The number of nitrogens with one attached hydrogen (secondary N) is 1. The van der Waals surface area contributed by atoms with Crippen LogP contribution in [0.3, 0.4) is 0 Å². The van der Waals surface area contributed by atoms with Crippen LogP contribution in [-0.4, -0.2) is 43.8 Å². The molecular weight excluding hydrogens is 555 g/mol. The number of benzene rings is 2. The molecule has 0 aromatic heterocycles. The Balaban J connectivity index is 0.00000160. The summed E-state index contributed by atoms with van der Waals surface area (Å²) in [6, 6.07) is 15.5. The molecule has 0 aliphatic carbocycles. The van der Waals surface area contributed by atoms with Crippen molar-refractivity contribution in [1.29, 1.82) is 0 Å². The molecule has 2 aliphatic rings. The van der Waals surface area contributed by atoms with E-state index in [2.05, 4.69) is 79.5 Å². The lowest BCUT2D eigenvalue weighted by molar-refractivity contribution is -0.0645. The Labute approximate surface area is 208 Å². The van der Waals surface area contributed by atoms with Gasteiger partial charge in [0.15, 0.2) is 0 Å². The topological polar surface area (TPSA) is 33.7 Å². The van der Waals surface area contributed by atoms with Crippen molar-refractivity contribution in [3.8, 4) is 5.75 Å². The number of hydrogen-bond donors (Lipinski definition) is 1. The molecule has 2 heterocycles. The van der Waals surface area contributed by atoms with Gasteiger partial charge in [0.1, 0.15) is 18.5 Å². The van der Waals surface area contributed by atoms with E-state index in [0.717, 1.165) is 33.3 Å². The molecule has 8 heteroatoms. The van der Waals surface area contributed by atoms with E-state index < -0.39 is 0 Å². The first-order valence-electron chi connectivity index (χ1n) is 9.83. The molecule has 2 aliphatic heterocycles. The molecule has 2 atom stereocenters. The number of halogens is 4. The van der Waals surface area contributed by atoms with Crippen molar-refractivity contribution in [3.63, 3.8) is 0 Å². The van der Waals surface area contributed by atoms with Crippen LogP contribution in [0.15, 0.2) is 51.4 Å². The number of fused-ring (bicyclic) bond motifs is 1. The lowest BCUT2D eigenvalue weighted by atomic mass is 9.93. The monoisotopic (exact) mass is 580 g/mol. The van der Waals surface area contributed by atoms with Crippen LogP contribution in [-0.2, 0) is 11.3 Å². The zero-order valence-corrected chi connectivity index (χ0v) is 21.7. The summed E-state index contributed by atoms with van der Waals surface area (Å²) >= 11 is 7.13. The molecule has 0 unspecified atom stereocenters. The molecule has 0 amide bonds. The molecule has 0 radical (unpaired) electrons.